The van der Waals surface area contributed by atoms with Crippen LogP contribution in [0.15, 0.2) is 42.7 Å². The third kappa shape index (κ3) is 3.57. The van der Waals surface area contributed by atoms with Crippen molar-refractivity contribution in [2.45, 2.75) is 26.6 Å². The molecule has 0 atom stereocenters. The van der Waals surface area contributed by atoms with E-state index in [9.17, 15) is 10.1 Å². The molecule has 1 aromatic carbocycles. The van der Waals surface area contributed by atoms with Crippen molar-refractivity contribution in [3.63, 3.8) is 0 Å². The number of nitrogens with one attached hydrogen (secondary N) is 1. The Balaban J connectivity index is 1.59. The maximum Gasteiger partial charge on any atom is 0.342 e. The van der Waals surface area contributed by atoms with E-state index in [-0.39, 0.29) is 5.82 Å². The highest BCUT2D eigenvalue weighted by molar-refractivity contribution is 5.42. The first kappa shape index (κ1) is 15.7. The van der Waals surface area contributed by atoms with Crippen molar-refractivity contribution in [1.29, 1.82) is 0 Å². The van der Waals surface area contributed by atoms with E-state index in [1.165, 1.54) is 6.20 Å². The van der Waals surface area contributed by atoms with Gasteiger partial charge in [0.2, 0.25) is 0 Å². The lowest BCUT2D eigenvalue weighted by Crippen LogP contribution is -2.11. The van der Waals surface area contributed by atoms with Crippen LogP contribution in [0.1, 0.15) is 11.5 Å². The van der Waals surface area contributed by atoms with Crippen molar-refractivity contribution in [2.24, 2.45) is 0 Å². The fourth-order valence-corrected chi connectivity index (χ4v) is 2.36. The first-order chi connectivity index (χ1) is 11.6. The Morgan fingerprint density at radius 2 is 2.04 bits per heavy atom. The fourth-order valence-electron chi connectivity index (χ4n) is 2.36. The fraction of sp³-hybridized carbons (Fsp3) is 0.267. The molecule has 9 nitrogen and oxygen atoms in total. The molecule has 0 aliphatic carbocycles. The molecule has 0 bridgehead atoms. The molecule has 124 valence electrons. The number of aromatic nitrogens is 5. The Kier molecular flexibility index (Phi) is 4.50. The van der Waals surface area contributed by atoms with Gasteiger partial charge in [0.1, 0.15) is 18.4 Å². The highest BCUT2D eigenvalue weighted by atomic mass is 16.6. The van der Waals surface area contributed by atoms with Crippen LogP contribution in [0.3, 0.4) is 0 Å². The van der Waals surface area contributed by atoms with Gasteiger partial charge in [0.15, 0.2) is 5.82 Å². The maximum atomic E-state index is 11.0. The standard InChI is InChI=1S/C15H17N7O2/c1-12-16-10-15(22(23)24)21(12)8-7-20-11-14(18-19-20)9-17-13-5-3-2-4-6-13/h2-6,10-11,17H,7-9H2,1H3. The van der Waals surface area contributed by atoms with Crippen LogP contribution in [0.25, 0.3) is 0 Å². The van der Waals surface area contributed by atoms with Crippen LogP contribution < -0.4 is 5.32 Å². The molecule has 1 N–H and O–H groups in total. The predicted molar refractivity (Wildman–Crippen MR) is 87.4 cm³/mol. The number of para-hydroxylation sites is 1. The van der Waals surface area contributed by atoms with Gasteiger partial charge in [-0.1, -0.05) is 23.4 Å². The van der Waals surface area contributed by atoms with Crippen LogP contribution in [0, 0.1) is 17.0 Å². The number of hydrogen-bond acceptors (Lipinski definition) is 6. The molecule has 3 rings (SSSR count). The van der Waals surface area contributed by atoms with Gasteiger partial charge in [-0.2, -0.15) is 0 Å². The highest BCUT2D eigenvalue weighted by Crippen LogP contribution is 2.13. The molecule has 0 fully saturated rings. The van der Waals surface area contributed by atoms with Gasteiger partial charge >= 0.3 is 5.82 Å². The molecule has 24 heavy (non-hydrogen) atoms. The molecular formula is C15H17N7O2. The lowest BCUT2D eigenvalue weighted by molar-refractivity contribution is -0.392. The number of nitrogens with zero attached hydrogens (tertiary/aromatic N) is 6. The average molecular weight is 327 g/mol. The van der Waals surface area contributed by atoms with Crippen LogP contribution in [0.4, 0.5) is 11.5 Å². The normalized spacial score (nSPS) is 10.7. The van der Waals surface area contributed by atoms with E-state index < -0.39 is 4.92 Å². The van der Waals surface area contributed by atoms with Crippen LogP contribution in [-0.4, -0.2) is 29.5 Å². The van der Waals surface area contributed by atoms with Crippen molar-refractivity contribution in [3.05, 3.63) is 64.4 Å². The monoisotopic (exact) mass is 327 g/mol. The molecule has 0 saturated carbocycles. The summed E-state index contributed by atoms with van der Waals surface area (Å²) in [6.07, 6.45) is 3.10. The number of hydrogen-bond donors (Lipinski definition) is 1. The van der Waals surface area contributed by atoms with Gasteiger partial charge in [-0.25, -0.2) is 14.2 Å². The van der Waals surface area contributed by atoms with Gasteiger partial charge in [-0.15, -0.1) is 5.10 Å². The molecule has 0 radical (unpaired) electrons. The van der Waals surface area contributed by atoms with Gasteiger partial charge in [0.05, 0.1) is 19.3 Å². The largest absolute Gasteiger partial charge is 0.379 e. The number of anilines is 1. The molecule has 0 amide bonds. The van der Waals surface area contributed by atoms with E-state index in [1.54, 1.807) is 16.2 Å². The van der Waals surface area contributed by atoms with Crippen molar-refractivity contribution >= 4 is 11.5 Å². The summed E-state index contributed by atoms with van der Waals surface area (Å²) in [7, 11) is 0. The van der Waals surface area contributed by atoms with E-state index in [1.807, 2.05) is 36.5 Å². The quantitative estimate of drug-likeness (QED) is 0.526. The lowest BCUT2D eigenvalue weighted by atomic mass is 10.3. The van der Waals surface area contributed by atoms with Crippen molar-refractivity contribution in [3.8, 4) is 0 Å². The summed E-state index contributed by atoms with van der Waals surface area (Å²) in [5.74, 6) is 0.589. The van der Waals surface area contributed by atoms with E-state index in [0.29, 0.717) is 25.5 Å². The van der Waals surface area contributed by atoms with Gasteiger partial charge in [0, 0.05) is 12.6 Å². The second kappa shape index (κ2) is 6.90. The van der Waals surface area contributed by atoms with E-state index in [0.717, 1.165) is 11.4 Å². The summed E-state index contributed by atoms with van der Waals surface area (Å²) in [5, 5.41) is 22.4. The highest BCUT2D eigenvalue weighted by Gasteiger charge is 2.17. The summed E-state index contributed by atoms with van der Waals surface area (Å²) in [4.78, 5) is 14.5. The minimum atomic E-state index is -0.434. The number of benzene rings is 1. The van der Waals surface area contributed by atoms with Crippen LogP contribution in [0.2, 0.25) is 0 Å². The Bertz CT molecular complexity index is 825. The Morgan fingerprint density at radius 1 is 1.25 bits per heavy atom. The van der Waals surface area contributed by atoms with Crippen molar-refractivity contribution in [2.75, 3.05) is 5.32 Å². The topological polar surface area (TPSA) is 104 Å². The molecule has 2 aromatic heterocycles. The molecule has 0 aliphatic heterocycles. The van der Waals surface area contributed by atoms with E-state index in [4.69, 9.17) is 0 Å². The van der Waals surface area contributed by atoms with Crippen molar-refractivity contribution in [1.82, 2.24) is 24.5 Å². The molecule has 0 spiro atoms. The average Bonchev–Trinajstić information content (AvgIpc) is 3.18. The zero-order valence-electron chi connectivity index (χ0n) is 13.2. The second-order valence-electron chi connectivity index (χ2n) is 5.26. The van der Waals surface area contributed by atoms with Crippen LogP contribution in [-0.2, 0) is 19.6 Å². The summed E-state index contributed by atoms with van der Waals surface area (Å²) in [5.41, 5.74) is 1.81. The molecule has 2 heterocycles. The maximum absolute atomic E-state index is 11.0. The SMILES string of the molecule is Cc1ncc([N+](=O)[O-])n1CCn1cc(CNc2ccccc2)nn1. The molecule has 0 unspecified atom stereocenters. The van der Waals surface area contributed by atoms with E-state index in [2.05, 4.69) is 20.6 Å². The molecular weight excluding hydrogens is 310 g/mol. The predicted octanol–water partition coefficient (Wildman–Crippen LogP) is 2.00. The third-order valence-corrected chi connectivity index (χ3v) is 3.61. The Hall–Kier alpha value is -3.23. The van der Waals surface area contributed by atoms with Gasteiger partial charge in [-0.05, 0) is 17.1 Å². The summed E-state index contributed by atoms with van der Waals surface area (Å²) < 4.78 is 3.23. The Labute approximate surface area is 138 Å². The molecule has 9 heteroatoms. The van der Waals surface area contributed by atoms with Gasteiger partial charge < -0.3 is 15.4 Å². The smallest absolute Gasteiger partial charge is 0.342 e. The second-order valence-corrected chi connectivity index (χ2v) is 5.26. The van der Waals surface area contributed by atoms with Crippen LogP contribution in [0.5, 0.6) is 0 Å². The van der Waals surface area contributed by atoms with Gasteiger partial charge in [0.25, 0.3) is 0 Å². The van der Waals surface area contributed by atoms with Crippen molar-refractivity contribution < 1.29 is 4.92 Å². The number of aryl methyl sites for hydroxylation is 2. The minimum Gasteiger partial charge on any atom is -0.379 e. The van der Waals surface area contributed by atoms with Crippen LogP contribution >= 0.6 is 0 Å². The number of imidazole rings is 1. The summed E-state index contributed by atoms with van der Waals surface area (Å²) in [6, 6.07) is 9.83. The number of rotatable bonds is 7. The zero-order valence-corrected chi connectivity index (χ0v) is 13.2. The van der Waals surface area contributed by atoms with E-state index >= 15 is 0 Å². The first-order valence-corrected chi connectivity index (χ1v) is 7.48. The third-order valence-electron chi connectivity index (χ3n) is 3.61. The zero-order chi connectivity index (χ0) is 16.9. The lowest BCUT2D eigenvalue weighted by Gasteiger charge is -2.03. The minimum absolute atomic E-state index is 0.0152. The summed E-state index contributed by atoms with van der Waals surface area (Å²) in [6.45, 7) is 3.20. The molecule has 0 aliphatic rings. The Morgan fingerprint density at radius 3 is 2.79 bits per heavy atom. The first-order valence-electron chi connectivity index (χ1n) is 7.48. The summed E-state index contributed by atoms with van der Waals surface area (Å²) >= 11 is 0. The number of nitro groups is 1. The molecule has 3 aromatic rings. The van der Waals surface area contributed by atoms with Gasteiger partial charge in [-0.3, -0.25) is 0 Å². The molecule has 0 saturated heterocycles.